The molecule has 0 radical (unpaired) electrons. The van der Waals surface area contributed by atoms with Crippen molar-refractivity contribution in [1.29, 1.82) is 0 Å². The first-order valence-electron chi connectivity index (χ1n) is 10.2. The summed E-state index contributed by atoms with van der Waals surface area (Å²) in [5.74, 6) is 2.15. The number of carbonyl (C=O) groups excluding carboxylic acids is 1. The van der Waals surface area contributed by atoms with Gasteiger partial charge in [-0.25, -0.2) is 9.80 Å². The number of hydrogen-bond donors (Lipinski definition) is 2. The fraction of sp³-hybridized carbons (Fsp3) is 0.261. The van der Waals surface area contributed by atoms with Gasteiger partial charge in [-0.15, -0.1) is 0 Å². The molecule has 1 aliphatic rings. The van der Waals surface area contributed by atoms with Gasteiger partial charge >= 0.3 is 6.03 Å². The van der Waals surface area contributed by atoms with Crippen molar-refractivity contribution in [3.8, 4) is 11.5 Å². The Hall–Kier alpha value is -4.01. The van der Waals surface area contributed by atoms with Crippen LogP contribution < -0.4 is 20.1 Å². The van der Waals surface area contributed by atoms with E-state index in [-0.39, 0.29) is 6.03 Å². The predicted molar refractivity (Wildman–Crippen MR) is 123 cm³/mol. The SMILES string of the molecule is CNC(=O)N1CCc2cc(OC)c(OC)cc2C(c2ccc(Nc3ccnn3C)cc2)=N1. The van der Waals surface area contributed by atoms with E-state index in [1.165, 1.54) is 5.01 Å². The van der Waals surface area contributed by atoms with Gasteiger partial charge < -0.3 is 20.1 Å². The minimum atomic E-state index is -0.260. The van der Waals surface area contributed by atoms with Crippen molar-refractivity contribution in [2.24, 2.45) is 12.1 Å². The molecule has 0 saturated carbocycles. The van der Waals surface area contributed by atoms with Crippen LogP contribution in [0.1, 0.15) is 16.7 Å². The van der Waals surface area contributed by atoms with Gasteiger partial charge in [-0.3, -0.25) is 4.68 Å². The van der Waals surface area contributed by atoms with E-state index in [1.54, 1.807) is 32.1 Å². The van der Waals surface area contributed by atoms with E-state index < -0.39 is 0 Å². The van der Waals surface area contributed by atoms with Crippen LogP contribution in [-0.4, -0.2) is 54.3 Å². The normalized spacial score (nSPS) is 13.0. The summed E-state index contributed by atoms with van der Waals surface area (Å²) in [4.78, 5) is 12.4. The number of rotatable bonds is 5. The van der Waals surface area contributed by atoms with E-state index in [1.807, 2.05) is 49.5 Å². The maximum absolute atomic E-state index is 12.4. The number of fused-ring (bicyclic) bond motifs is 1. The number of aromatic nitrogens is 2. The molecule has 1 aromatic heterocycles. The molecule has 0 aliphatic carbocycles. The van der Waals surface area contributed by atoms with Crippen LogP contribution in [-0.2, 0) is 13.5 Å². The van der Waals surface area contributed by atoms with Crippen LogP contribution in [0.15, 0.2) is 53.8 Å². The molecular formula is C23H26N6O3. The lowest BCUT2D eigenvalue weighted by atomic mass is 9.95. The van der Waals surface area contributed by atoms with Gasteiger partial charge in [0, 0.05) is 37.0 Å². The molecule has 0 unspecified atom stereocenters. The van der Waals surface area contributed by atoms with Gasteiger partial charge in [-0.1, -0.05) is 12.1 Å². The number of carbonyl (C=O) groups is 1. The standard InChI is InChI=1S/C23H26N6O3/c1-24-23(30)29-12-10-16-13-19(31-3)20(32-4)14-18(16)22(27-29)15-5-7-17(8-6-15)26-21-9-11-25-28(21)2/h5-9,11,13-14,26H,10,12H2,1-4H3,(H,24,30). The summed E-state index contributed by atoms with van der Waals surface area (Å²) < 4.78 is 12.8. The number of nitrogens with zero attached hydrogens (tertiary/aromatic N) is 4. The molecule has 32 heavy (non-hydrogen) atoms. The van der Waals surface area contributed by atoms with Crippen molar-refractivity contribution in [2.75, 3.05) is 33.1 Å². The Bertz CT molecular complexity index is 1150. The molecule has 9 nitrogen and oxygen atoms in total. The molecule has 2 aromatic carbocycles. The average Bonchev–Trinajstić information content (AvgIpc) is 3.13. The smallest absolute Gasteiger partial charge is 0.337 e. The summed E-state index contributed by atoms with van der Waals surface area (Å²) in [6.07, 6.45) is 2.37. The Kier molecular flexibility index (Phi) is 5.98. The summed E-state index contributed by atoms with van der Waals surface area (Å²) in [5, 5.41) is 16.3. The second-order valence-electron chi connectivity index (χ2n) is 7.28. The number of hydrogen-bond acceptors (Lipinski definition) is 6. The zero-order valence-electron chi connectivity index (χ0n) is 18.5. The fourth-order valence-electron chi connectivity index (χ4n) is 3.64. The number of nitrogens with one attached hydrogen (secondary N) is 2. The summed E-state index contributed by atoms with van der Waals surface area (Å²) in [7, 11) is 6.69. The minimum absolute atomic E-state index is 0.260. The lowest BCUT2D eigenvalue weighted by Gasteiger charge is -2.16. The highest BCUT2D eigenvalue weighted by Gasteiger charge is 2.24. The Morgan fingerprint density at radius 3 is 2.41 bits per heavy atom. The lowest BCUT2D eigenvalue weighted by Crippen LogP contribution is -2.35. The van der Waals surface area contributed by atoms with Crippen LogP contribution >= 0.6 is 0 Å². The highest BCUT2D eigenvalue weighted by atomic mass is 16.5. The van der Waals surface area contributed by atoms with E-state index in [4.69, 9.17) is 14.6 Å². The molecule has 2 N–H and O–H groups in total. The number of methoxy groups -OCH3 is 2. The van der Waals surface area contributed by atoms with E-state index >= 15 is 0 Å². The Morgan fingerprint density at radius 1 is 1.06 bits per heavy atom. The van der Waals surface area contributed by atoms with Crippen molar-refractivity contribution in [3.05, 3.63) is 65.4 Å². The summed E-state index contributed by atoms with van der Waals surface area (Å²) in [6.45, 7) is 0.450. The summed E-state index contributed by atoms with van der Waals surface area (Å²) >= 11 is 0. The van der Waals surface area contributed by atoms with Gasteiger partial charge in [-0.05, 0) is 36.2 Å². The highest BCUT2D eigenvalue weighted by molar-refractivity contribution is 6.14. The molecular weight excluding hydrogens is 408 g/mol. The second-order valence-corrected chi connectivity index (χ2v) is 7.28. The monoisotopic (exact) mass is 434 g/mol. The number of amides is 2. The first-order chi connectivity index (χ1) is 15.5. The van der Waals surface area contributed by atoms with Crippen molar-refractivity contribution >= 4 is 23.2 Å². The van der Waals surface area contributed by atoms with Crippen molar-refractivity contribution in [2.45, 2.75) is 6.42 Å². The third-order valence-corrected chi connectivity index (χ3v) is 5.38. The van der Waals surface area contributed by atoms with Crippen molar-refractivity contribution < 1.29 is 14.3 Å². The average molecular weight is 435 g/mol. The predicted octanol–water partition coefficient (Wildman–Crippen LogP) is 3.13. The molecule has 0 spiro atoms. The fourth-order valence-corrected chi connectivity index (χ4v) is 3.64. The van der Waals surface area contributed by atoms with Crippen LogP contribution in [0.2, 0.25) is 0 Å². The Labute approximate surface area is 186 Å². The number of urea groups is 1. The zero-order valence-corrected chi connectivity index (χ0v) is 18.5. The molecule has 0 atom stereocenters. The quantitative estimate of drug-likeness (QED) is 0.644. The van der Waals surface area contributed by atoms with E-state index in [0.717, 1.165) is 28.2 Å². The number of anilines is 2. The van der Waals surface area contributed by atoms with Crippen LogP contribution in [0, 0.1) is 0 Å². The van der Waals surface area contributed by atoms with Gasteiger partial charge in [-0.2, -0.15) is 10.2 Å². The Balaban J connectivity index is 1.76. The van der Waals surface area contributed by atoms with Crippen LogP contribution in [0.5, 0.6) is 11.5 Å². The van der Waals surface area contributed by atoms with E-state index in [2.05, 4.69) is 15.7 Å². The van der Waals surface area contributed by atoms with Gasteiger partial charge in [0.15, 0.2) is 11.5 Å². The van der Waals surface area contributed by atoms with Gasteiger partial charge in [0.25, 0.3) is 0 Å². The zero-order chi connectivity index (χ0) is 22.7. The molecule has 4 rings (SSSR count). The lowest BCUT2D eigenvalue weighted by molar-refractivity contribution is 0.203. The van der Waals surface area contributed by atoms with Crippen LogP contribution in [0.25, 0.3) is 0 Å². The molecule has 2 amide bonds. The van der Waals surface area contributed by atoms with E-state index in [0.29, 0.717) is 30.2 Å². The van der Waals surface area contributed by atoms with E-state index in [9.17, 15) is 4.79 Å². The number of aryl methyl sites for hydroxylation is 1. The van der Waals surface area contributed by atoms with Gasteiger partial charge in [0.1, 0.15) is 5.82 Å². The highest BCUT2D eigenvalue weighted by Crippen LogP contribution is 2.33. The molecule has 0 fully saturated rings. The van der Waals surface area contributed by atoms with Crippen molar-refractivity contribution in [3.63, 3.8) is 0 Å². The summed E-state index contributed by atoms with van der Waals surface area (Å²) in [6, 6.07) is 13.4. The number of ether oxygens (including phenoxy) is 2. The molecule has 1 aliphatic heterocycles. The maximum Gasteiger partial charge on any atom is 0.337 e. The minimum Gasteiger partial charge on any atom is -0.493 e. The molecule has 0 bridgehead atoms. The summed E-state index contributed by atoms with van der Waals surface area (Å²) in [5.41, 5.74) is 4.42. The third-order valence-electron chi connectivity index (χ3n) is 5.38. The first-order valence-corrected chi connectivity index (χ1v) is 10.2. The number of hydrazone groups is 1. The van der Waals surface area contributed by atoms with Crippen LogP contribution in [0.3, 0.4) is 0 Å². The molecule has 0 saturated heterocycles. The largest absolute Gasteiger partial charge is 0.493 e. The topological polar surface area (TPSA) is 93.0 Å². The second kappa shape index (κ2) is 9.01. The Morgan fingerprint density at radius 2 is 1.78 bits per heavy atom. The molecule has 166 valence electrons. The molecule has 9 heteroatoms. The van der Waals surface area contributed by atoms with Gasteiger partial charge in [0.05, 0.1) is 32.7 Å². The maximum atomic E-state index is 12.4. The number of benzene rings is 2. The van der Waals surface area contributed by atoms with Crippen LogP contribution in [0.4, 0.5) is 16.3 Å². The van der Waals surface area contributed by atoms with Crippen molar-refractivity contribution in [1.82, 2.24) is 20.1 Å². The molecule has 2 heterocycles. The third kappa shape index (κ3) is 4.09. The molecule has 3 aromatic rings. The van der Waals surface area contributed by atoms with Gasteiger partial charge in [0.2, 0.25) is 0 Å². The first kappa shape index (κ1) is 21.2.